The number of likely N-dealkylation sites (N-methyl/N-ethyl adjacent to an activating group) is 1. The van der Waals surface area contributed by atoms with Crippen LogP contribution < -0.4 is 10.6 Å². The molecule has 1 aliphatic heterocycles. The molecule has 2 aromatic rings. The Morgan fingerprint density at radius 2 is 1.54 bits per heavy atom. The van der Waals surface area contributed by atoms with E-state index < -0.39 is 61.9 Å². The molecule has 1 saturated heterocycles. The lowest BCUT2D eigenvalue weighted by molar-refractivity contribution is -0.132. The van der Waals surface area contributed by atoms with Crippen molar-refractivity contribution in [2.45, 2.75) is 134 Å². The number of hydrogen-bond donors (Lipinski definition) is 5. The minimum absolute atomic E-state index is 0.0591. The van der Waals surface area contributed by atoms with Crippen LogP contribution in [0, 0.1) is 5.92 Å². The third kappa shape index (κ3) is 14.5. The number of aliphatic hydroxyl groups is 3. The standard InChI is InChI=1S/C38H60BN5O8/c1-5-6-7-8-9-10-11-12-16-19-34(48)44(4)25-31(46)35-36(32(47)26-45)52-39(51-35)33(22-27(2)3)43-37(49)29(23-28-17-14-13-15-18-28)42-38(50)30-24-40-20-21-41-30/h13-15,17-18,20-21,24,27,29,31-33,35-36,45-47H,5-12,16,19,22-23,25-26H2,1-4H3,(H,42,50)(H,43,49)/t29?,31?,32?,33-,35?,36+/m0/s1. The molecular weight excluding hydrogens is 665 g/mol. The second kappa shape index (κ2) is 23.3. The Hall–Kier alpha value is -3.43. The molecule has 13 nitrogen and oxygen atoms in total. The average Bonchev–Trinajstić information content (AvgIpc) is 3.59. The van der Waals surface area contributed by atoms with Crippen molar-refractivity contribution in [1.82, 2.24) is 25.5 Å². The number of unbranched alkanes of at least 4 members (excludes halogenated alkanes) is 8. The molecular formula is C38H60BN5O8. The van der Waals surface area contributed by atoms with Crippen LogP contribution in [0.25, 0.3) is 0 Å². The number of aromatic nitrogens is 2. The number of carbonyl (C=O) groups excluding carboxylic acids is 3. The van der Waals surface area contributed by atoms with Crippen LogP contribution in [0.2, 0.25) is 0 Å². The van der Waals surface area contributed by atoms with Crippen LogP contribution in [-0.2, 0) is 25.3 Å². The van der Waals surface area contributed by atoms with Gasteiger partial charge in [0.15, 0.2) is 0 Å². The summed E-state index contributed by atoms with van der Waals surface area (Å²) in [6.07, 6.45) is 10.5. The van der Waals surface area contributed by atoms with Gasteiger partial charge in [-0.2, -0.15) is 0 Å². The SMILES string of the molecule is CCCCCCCCCCCC(=O)N(C)CC(O)C1OB([C@H](CC(C)C)NC(=O)C(Cc2ccccc2)NC(=O)c2cnccn2)O[C@@H]1C(O)CO. The monoisotopic (exact) mass is 725 g/mol. The van der Waals surface area contributed by atoms with Crippen molar-refractivity contribution in [1.29, 1.82) is 0 Å². The molecule has 3 amide bonds. The molecule has 288 valence electrons. The first kappa shape index (κ1) is 43.0. The quantitative estimate of drug-likeness (QED) is 0.0796. The van der Waals surface area contributed by atoms with Gasteiger partial charge in [0.25, 0.3) is 5.91 Å². The Morgan fingerprint density at radius 1 is 0.904 bits per heavy atom. The summed E-state index contributed by atoms with van der Waals surface area (Å²) in [7, 11) is 0.516. The number of carbonyl (C=O) groups is 3. The van der Waals surface area contributed by atoms with Crippen molar-refractivity contribution in [3.63, 3.8) is 0 Å². The Labute approximate surface area is 309 Å². The summed E-state index contributed by atoms with van der Waals surface area (Å²) < 4.78 is 12.3. The molecule has 1 aromatic heterocycles. The highest BCUT2D eigenvalue weighted by molar-refractivity contribution is 6.47. The lowest BCUT2D eigenvalue weighted by atomic mass is 9.74. The van der Waals surface area contributed by atoms with E-state index in [2.05, 4.69) is 27.5 Å². The number of nitrogens with one attached hydrogen (secondary N) is 2. The molecule has 4 unspecified atom stereocenters. The normalized spacial score (nSPS) is 18.1. The van der Waals surface area contributed by atoms with Crippen LogP contribution in [0.1, 0.15) is 107 Å². The predicted octanol–water partition coefficient (Wildman–Crippen LogP) is 3.25. The molecule has 0 radical (unpaired) electrons. The van der Waals surface area contributed by atoms with Gasteiger partial charge in [0.1, 0.15) is 17.8 Å². The van der Waals surface area contributed by atoms with E-state index in [9.17, 15) is 29.7 Å². The first-order valence-electron chi connectivity index (χ1n) is 19.0. The molecule has 1 fully saturated rings. The topological polar surface area (TPSA) is 183 Å². The summed E-state index contributed by atoms with van der Waals surface area (Å²) in [5.74, 6) is -1.85. The third-order valence-corrected chi connectivity index (χ3v) is 9.31. The second-order valence-electron chi connectivity index (χ2n) is 14.3. The number of hydrogen-bond acceptors (Lipinski definition) is 10. The van der Waals surface area contributed by atoms with Crippen molar-refractivity contribution in [2.24, 2.45) is 5.92 Å². The van der Waals surface area contributed by atoms with Gasteiger partial charge in [-0.05, 0) is 24.3 Å². The fraction of sp³-hybridized carbons (Fsp3) is 0.658. The van der Waals surface area contributed by atoms with Gasteiger partial charge in [0.05, 0.1) is 37.1 Å². The van der Waals surface area contributed by atoms with Crippen molar-refractivity contribution in [3.8, 4) is 0 Å². The molecule has 52 heavy (non-hydrogen) atoms. The number of nitrogens with zero attached hydrogens (tertiary/aromatic N) is 3. The van der Waals surface area contributed by atoms with Gasteiger partial charge in [-0.25, -0.2) is 4.98 Å². The summed E-state index contributed by atoms with van der Waals surface area (Å²) >= 11 is 0. The summed E-state index contributed by atoms with van der Waals surface area (Å²) in [4.78, 5) is 49.3. The van der Waals surface area contributed by atoms with E-state index in [0.29, 0.717) is 12.8 Å². The van der Waals surface area contributed by atoms with Crippen LogP contribution in [0.5, 0.6) is 0 Å². The molecule has 6 atom stereocenters. The maximum absolute atomic E-state index is 13.9. The molecule has 1 aromatic carbocycles. The molecule has 1 aliphatic rings. The highest BCUT2D eigenvalue weighted by atomic mass is 16.7. The van der Waals surface area contributed by atoms with Gasteiger partial charge in [-0.1, -0.05) is 102 Å². The number of amides is 3. The summed E-state index contributed by atoms with van der Waals surface area (Å²) in [5, 5.41) is 37.6. The number of aliphatic hydroxyl groups excluding tert-OH is 3. The van der Waals surface area contributed by atoms with E-state index in [1.807, 2.05) is 44.2 Å². The first-order chi connectivity index (χ1) is 25.0. The van der Waals surface area contributed by atoms with E-state index in [-0.39, 0.29) is 30.5 Å². The highest BCUT2D eigenvalue weighted by Crippen LogP contribution is 2.27. The Kier molecular flexibility index (Phi) is 19.2. The second-order valence-corrected chi connectivity index (χ2v) is 14.3. The largest absolute Gasteiger partial charge is 0.481 e. The van der Waals surface area contributed by atoms with Gasteiger partial charge in [0.2, 0.25) is 11.8 Å². The van der Waals surface area contributed by atoms with Gasteiger partial charge in [-0.3, -0.25) is 19.4 Å². The van der Waals surface area contributed by atoms with Crippen LogP contribution in [0.3, 0.4) is 0 Å². The van der Waals surface area contributed by atoms with Crippen LogP contribution in [0.15, 0.2) is 48.9 Å². The number of rotatable bonds is 24. The predicted molar refractivity (Wildman–Crippen MR) is 199 cm³/mol. The molecule has 0 aliphatic carbocycles. The van der Waals surface area contributed by atoms with Crippen molar-refractivity contribution in [2.75, 3.05) is 20.2 Å². The lowest BCUT2D eigenvalue weighted by Gasteiger charge is -2.29. The fourth-order valence-corrected chi connectivity index (χ4v) is 6.41. The average molecular weight is 726 g/mol. The molecule has 0 bridgehead atoms. The van der Waals surface area contributed by atoms with Gasteiger partial charge >= 0.3 is 7.12 Å². The van der Waals surface area contributed by atoms with Gasteiger partial charge in [-0.15, -0.1) is 0 Å². The van der Waals surface area contributed by atoms with Crippen LogP contribution in [-0.4, -0.2) is 112 Å². The molecule has 14 heteroatoms. The molecule has 5 N–H and O–H groups in total. The van der Waals surface area contributed by atoms with Gasteiger partial charge in [0, 0.05) is 38.8 Å². The Morgan fingerprint density at radius 3 is 2.13 bits per heavy atom. The van der Waals surface area contributed by atoms with E-state index in [0.717, 1.165) is 24.8 Å². The minimum Gasteiger partial charge on any atom is -0.401 e. The summed E-state index contributed by atoms with van der Waals surface area (Å²) in [6.45, 7) is 5.42. The summed E-state index contributed by atoms with van der Waals surface area (Å²) in [5.41, 5.74) is 0.880. The molecule has 0 saturated carbocycles. The fourth-order valence-electron chi connectivity index (χ4n) is 6.41. The zero-order valence-electron chi connectivity index (χ0n) is 31.4. The molecule has 0 spiro atoms. The van der Waals surface area contributed by atoms with Crippen molar-refractivity contribution in [3.05, 3.63) is 60.2 Å². The lowest BCUT2D eigenvalue weighted by Crippen LogP contribution is -2.55. The highest BCUT2D eigenvalue weighted by Gasteiger charge is 2.50. The van der Waals surface area contributed by atoms with Crippen LogP contribution >= 0.6 is 0 Å². The summed E-state index contributed by atoms with van der Waals surface area (Å²) in [6, 6.07) is 8.26. The van der Waals surface area contributed by atoms with Gasteiger partial charge < -0.3 is 40.2 Å². The van der Waals surface area contributed by atoms with E-state index in [1.54, 1.807) is 7.05 Å². The first-order valence-corrected chi connectivity index (χ1v) is 19.0. The minimum atomic E-state index is -1.39. The maximum Gasteiger partial charge on any atom is 0.481 e. The van der Waals surface area contributed by atoms with E-state index in [4.69, 9.17) is 9.31 Å². The molecule has 3 rings (SSSR count). The van der Waals surface area contributed by atoms with Crippen LogP contribution in [0.4, 0.5) is 0 Å². The maximum atomic E-state index is 13.9. The van der Waals surface area contributed by atoms with E-state index in [1.165, 1.54) is 62.0 Å². The zero-order chi connectivity index (χ0) is 37.9. The Bertz CT molecular complexity index is 1330. The van der Waals surface area contributed by atoms with Crippen molar-refractivity contribution < 1.29 is 39.0 Å². The Balaban J connectivity index is 1.66. The molecule has 2 heterocycles. The van der Waals surface area contributed by atoms with E-state index >= 15 is 0 Å². The smallest absolute Gasteiger partial charge is 0.401 e. The third-order valence-electron chi connectivity index (χ3n) is 9.31. The zero-order valence-corrected chi connectivity index (χ0v) is 31.4. The van der Waals surface area contributed by atoms with Crippen molar-refractivity contribution >= 4 is 24.8 Å². The number of benzene rings is 1.